The van der Waals surface area contributed by atoms with Crippen molar-refractivity contribution >= 4 is 16.0 Å². The molecular weight excluding hydrogens is 322 g/mol. The van der Waals surface area contributed by atoms with Crippen molar-refractivity contribution in [2.45, 2.75) is 11.8 Å². The number of ether oxygens (including phenoxy) is 1. The SMILES string of the molecule is COCCNS(=O)(=O)c1cc(C(=O)O)cc(-n2ccc(C)n2)c1. The summed E-state index contributed by atoms with van der Waals surface area (Å²) in [6.45, 7) is 2.08. The number of rotatable bonds is 7. The Kier molecular flexibility index (Phi) is 5.14. The van der Waals surface area contributed by atoms with Crippen LogP contribution < -0.4 is 4.72 Å². The molecule has 0 bridgehead atoms. The van der Waals surface area contributed by atoms with Crippen LogP contribution in [-0.2, 0) is 14.8 Å². The van der Waals surface area contributed by atoms with Gasteiger partial charge in [-0.2, -0.15) is 5.10 Å². The van der Waals surface area contributed by atoms with E-state index in [-0.39, 0.29) is 23.6 Å². The highest BCUT2D eigenvalue weighted by atomic mass is 32.2. The molecule has 8 nitrogen and oxygen atoms in total. The fourth-order valence-electron chi connectivity index (χ4n) is 1.91. The van der Waals surface area contributed by atoms with Gasteiger partial charge in [-0.25, -0.2) is 22.6 Å². The second-order valence-electron chi connectivity index (χ2n) is 4.81. The van der Waals surface area contributed by atoms with Crippen molar-refractivity contribution in [1.29, 1.82) is 0 Å². The van der Waals surface area contributed by atoms with Gasteiger partial charge in [-0.1, -0.05) is 0 Å². The molecule has 0 aliphatic carbocycles. The van der Waals surface area contributed by atoms with Crippen LogP contribution in [0.4, 0.5) is 0 Å². The number of sulfonamides is 1. The van der Waals surface area contributed by atoms with E-state index in [9.17, 15) is 18.3 Å². The number of hydrogen-bond donors (Lipinski definition) is 2. The van der Waals surface area contributed by atoms with Crippen LogP contribution in [0.1, 0.15) is 16.1 Å². The Morgan fingerprint density at radius 3 is 2.70 bits per heavy atom. The van der Waals surface area contributed by atoms with Crippen LogP contribution in [0.2, 0.25) is 0 Å². The number of nitrogens with one attached hydrogen (secondary N) is 1. The fraction of sp³-hybridized carbons (Fsp3) is 0.286. The van der Waals surface area contributed by atoms with E-state index in [1.54, 1.807) is 19.2 Å². The number of carboxylic acid groups (broad SMARTS) is 1. The van der Waals surface area contributed by atoms with Gasteiger partial charge in [0.2, 0.25) is 10.0 Å². The van der Waals surface area contributed by atoms with Crippen LogP contribution in [0.15, 0.2) is 35.4 Å². The Labute approximate surface area is 133 Å². The summed E-state index contributed by atoms with van der Waals surface area (Å²) < 4.78 is 33.1. The van der Waals surface area contributed by atoms with E-state index in [2.05, 4.69) is 9.82 Å². The molecule has 0 atom stereocenters. The molecule has 1 aromatic carbocycles. The molecule has 9 heteroatoms. The van der Waals surface area contributed by atoms with Crippen molar-refractivity contribution in [3.63, 3.8) is 0 Å². The summed E-state index contributed by atoms with van der Waals surface area (Å²) in [6.07, 6.45) is 1.63. The predicted octanol–water partition coefficient (Wildman–Crippen LogP) is 0.804. The van der Waals surface area contributed by atoms with Crippen LogP contribution in [0, 0.1) is 6.92 Å². The third-order valence-electron chi connectivity index (χ3n) is 3.03. The van der Waals surface area contributed by atoms with E-state index in [1.807, 2.05) is 0 Å². The minimum Gasteiger partial charge on any atom is -0.478 e. The van der Waals surface area contributed by atoms with Crippen molar-refractivity contribution < 1.29 is 23.1 Å². The number of aryl methyl sites for hydroxylation is 1. The number of nitrogens with zero attached hydrogens (tertiary/aromatic N) is 2. The van der Waals surface area contributed by atoms with Gasteiger partial charge in [0.25, 0.3) is 0 Å². The maximum Gasteiger partial charge on any atom is 0.335 e. The molecule has 124 valence electrons. The first kappa shape index (κ1) is 17.1. The second-order valence-corrected chi connectivity index (χ2v) is 6.58. The monoisotopic (exact) mass is 339 g/mol. The van der Waals surface area contributed by atoms with Crippen molar-refractivity contribution in [2.24, 2.45) is 0 Å². The largest absolute Gasteiger partial charge is 0.478 e. The van der Waals surface area contributed by atoms with Crippen LogP contribution >= 0.6 is 0 Å². The van der Waals surface area contributed by atoms with Gasteiger partial charge >= 0.3 is 5.97 Å². The van der Waals surface area contributed by atoms with E-state index in [1.165, 1.54) is 23.9 Å². The van der Waals surface area contributed by atoms with E-state index < -0.39 is 16.0 Å². The molecule has 1 heterocycles. The number of carboxylic acids is 1. The number of methoxy groups -OCH3 is 1. The number of benzene rings is 1. The number of aromatic nitrogens is 2. The standard InChI is InChI=1S/C14H17N3O5S/c1-10-3-5-17(16-10)12-7-11(14(18)19)8-13(9-12)23(20,21)15-4-6-22-2/h3,5,7-9,15H,4,6H2,1-2H3,(H,18,19). The zero-order valence-electron chi connectivity index (χ0n) is 12.7. The average Bonchev–Trinajstić information content (AvgIpc) is 2.93. The Hall–Kier alpha value is -2.23. The quantitative estimate of drug-likeness (QED) is 0.722. The van der Waals surface area contributed by atoms with Crippen LogP contribution in [0.3, 0.4) is 0 Å². The van der Waals surface area contributed by atoms with Gasteiger partial charge in [0.15, 0.2) is 0 Å². The summed E-state index contributed by atoms with van der Waals surface area (Å²) >= 11 is 0. The summed E-state index contributed by atoms with van der Waals surface area (Å²) in [7, 11) is -2.39. The Morgan fingerprint density at radius 2 is 2.13 bits per heavy atom. The molecule has 1 aromatic heterocycles. The fourth-order valence-corrected chi connectivity index (χ4v) is 2.99. The topological polar surface area (TPSA) is 111 Å². The van der Waals surface area contributed by atoms with E-state index in [0.717, 1.165) is 11.8 Å². The normalized spacial score (nSPS) is 11.6. The molecule has 0 unspecified atom stereocenters. The maximum absolute atomic E-state index is 12.3. The number of carbonyl (C=O) groups is 1. The summed E-state index contributed by atoms with van der Waals surface area (Å²) in [4.78, 5) is 11.1. The first-order valence-corrected chi connectivity index (χ1v) is 8.21. The molecule has 0 amide bonds. The molecule has 2 aromatic rings. The third-order valence-corrected chi connectivity index (χ3v) is 4.47. The minimum absolute atomic E-state index is 0.0896. The Morgan fingerprint density at radius 1 is 1.39 bits per heavy atom. The lowest BCUT2D eigenvalue weighted by Gasteiger charge is -2.10. The first-order valence-electron chi connectivity index (χ1n) is 6.73. The molecule has 0 fully saturated rings. The van der Waals surface area contributed by atoms with Gasteiger partial charge in [-0.3, -0.25) is 0 Å². The van der Waals surface area contributed by atoms with E-state index in [0.29, 0.717) is 5.69 Å². The molecule has 0 aliphatic heterocycles. The van der Waals surface area contributed by atoms with Gasteiger partial charge in [0.05, 0.1) is 28.4 Å². The molecule has 2 rings (SSSR count). The summed E-state index contributed by atoms with van der Waals surface area (Å²) in [5.41, 5.74) is 0.946. The van der Waals surface area contributed by atoms with Gasteiger partial charge in [0, 0.05) is 19.9 Å². The molecule has 2 N–H and O–H groups in total. The smallest absolute Gasteiger partial charge is 0.335 e. The first-order chi connectivity index (χ1) is 10.8. The average molecular weight is 339 g/mol. The predicted molar refractivity (Wildman–Crippen MR) is 82.3 cm³/mol. The summed E-state index contributed by atoms with van der Waals surface area (Å²) in [6, 6.07) is 5.58. The minimum atomic E-state index is -3.85. The van der Waals surface area contributed by atoms with Crippen molar-refractivity contribution in [1.82, 2.24) is 14.5 Å². The van der Waals surface area contributed by atoms with Gasteiger partial charge in [-0.15, -0.1) is 0 Å². The Balaban J connectivity index is 2.47. The van der Waals surface area contributed by atoms with Crippen molar-refractivity contribution in [2.75, 3.05) is 20.3 Å². The molecule has 0 radical (unpaired) electrons. The Bertz CT molecular complexity index is 814. The molecule has 0 saturated carbocycles. The molecular formula is C14H17N3O5S. The number of hydrogen-bond acceptors (Lipinski definition) is 5. The molecule has 0 saturated heterocycles. The highest BCUT2D eigenvalue weighted by Gasteiger charge is 2.18. The lowest BCUT2D eigenvalue weighted by Crippen LogP contribution is -2.27. The third kappa shape index (κ3) is 4.15. The van der Waals surface area contributed by atoms with Crippen molar-refractivity contribution in [3.05, 3.63) is 41.7 Å². The zero-order chi connectivity index (χ0) is 17.0. The van der Waals surface area contributed by atoms with Crippen LogP contribution in [0.25, 0.3) is 5.69 Å². The van der Waals surface area contributed by atoms with E-state index >= 15 is 0 Å². The highest BCUT2D eigenvalue weighted by molar-refractivity contribution is 7.89. The summed E-state index contributed by atoms with van der Waals surface area (Å²) in [5.74, 6) is -1.22. The molecule has 0 spiro atoms. The molecule has 23 heavy (non-hydrogen) atoms. The number of aromatic carboxylic acids is 1. The van der Waals surface area contributed by atoms with Crippen molar-refractivity contribution in [3.8, 4) is 5.69 Å². The van der Waals surface area contributed by atoms with E-state index in [4.69, 9.17) is 4.74 Å². The van der Waals surface area contributed by atoms with Crippen LogP contribution in [-0.4, -0.2) is 49.5 Å². The van der Waals surface area contributed by atoms with Crippen LogP contribution in [0.5, 0.6) is 0 Å². The van der Waals surface area contributed by atoms with Gasteiger partial charge in [-0.05, 0) is 31.2 Å². The van der Waals surface area contributed by atoms with Gasteiger partial charge in [0.1, 0.15) is 0 Å². The lowest BCUT2D eigenvalue weighted by molar-refractivity contribution is 0.0696. The highest BCUT2D eigenvalue weighted by Crippen LogP contribution is 2.18. The van der Waals surface area contributed by atoms with Gasteiger partial charge < -0.3 is 9.84 Å². The second kappa shape index (κ2) is 6.90. The summed E-state index contributed by atoms with van der Waals surface area (Å²) in [5, 5.41) is 13.4. The maximum atomic E-state index is 12.3. The zero-order valence-corrected chi connectivity index (χ0v) is 13.5. The molecule has 0 aliphatic rings. The lowest BCUT2D eigenvalue weighted by atomic mass is 10.2.